The highest BCUT2D eigenvalue weighted by Crippen LogP contribution is 2.34. The zero-order valence-electron chi connectivity index (χ0n) is 17.5. The molecule has 0 saturated heterocycles. The quantitative estimate of drug-likeness (QED) is 0.219. The molecule has 2 N–H and O–H groups in total. The molecule has 0 aliphatic carbocycles. The minimum Gasteiger partial charge on any atom is -0.317 e. The van der Waals surface area contributed by atoms with E-state index in [-0.39, 0.29) is 4.87 Å². The topological polar surface area (TPSA) is 26.0 Å². The number of nitrogens with two attached hydrogens (primary N) is 1. The third-order valence-corrected chi connectivity index (χ3v) is 6.74. The van der Waals surface area contributed by atoms with Gasteiger partial charge in [0, 0.05) is 5.75 Å². The maximum Gasteiger partial charge on any atom is 0.0623 e. The van der Waals surface area contributed by atoms with Crippen molar-refractivity contribution in [1.82, 2.24) is 0 Å². The van der Waals surface area contributed by atoms with Crippen molar-refractivity contribution in [3.05, 3.63) is 35.9 Å². The predicted octanol–water partition coefficient (Wildman–Crippen LogP) is 8.08. The van der Waals surface area contributed by atoms with E-state index >= 15 is 0 Å². The highest BCUT2D eigenvalue weighted by atomic mass is 32.2. The molecular formula is C24H43NS. The predicted molar refractivity (Wildman–Crippen MR) is 121 cm³/mol. The van der Waals surface area contributed by atoms with Crippen molar-refractivity contribution in [2.24, 2.45) is 5.73 Å². The van der Waals surface area contributed by atoms with Crippen LogP contribution in [0.1, 0.15) is 109 Å². The van der Waals surface area contributed by atoms with Crippen LogP contribution in [0.3, 0.4) is 0 Å². The molecule has 0 fully saturated rings. The van der Waals surface area contributed by atoms with Gasteiger partial charge in [-0.25, -0.2) is 0 Å². The van der Waals surface area contributed by atoms with Crippen LogP contribution in [0.5, 0.6) is 0 Å². The normalized spacial score (nSPS) is 11.8. The number of hydrogen-bond donors (Lipinski definition) is 1. The van der Waals surface area contributed by atoms with E-state index in [4.69, 9.17) is 5.73 Å². The van der Waals surface area contributed by atoms with Crippen LogP contribution in [0.25, 0.3) is 0 Å². The maximum absolute atomic E-state index is 6.89. The first-order valence-corrected chi connectivity index (χ1v) is 12.2. The van der Waals surface area contributed by atoms with Gasteiger partial charge in [-0.2, -0.15) is 0 Å². The fourth-order valence-corrected chi connectivity index (χ4v) is 4.70. The van der Waals surface area contributed by atoms with Crippen LogP contribution < -0.4 is 5.73 Å². The van der Waals surface area contributed by atoms with Gasteiger partial charge in [0.15, 0.2) is 0 Å². The van der Waals surface area contributed by atoms with Gasteiger partial charge in [0.25, 0.3) is 0 Å². The second-order valence-electron chi connectivity index (χ2n) is 7.87. The van der Waals surface area contributed by atoms with Crippen LogP contribution in [-0.4, -0.2) is 4.87 Å². The molecule has 0 radical (unpaired) electrons. The van der Waals surface area contributed by atoms with Gasteiger partial charge in [-0.15, -0.1) is 11.8 Å². The molecule has 1 aromatic carbocycles. The van der Waals surface area contributed by atoms with E-state index in [1.54, 1.807) is 0 Å². The number of rotatable bonds is 17. The van der Waals surface area contributed by atoms with Crippen LogP contribution in [0.4, 0.5) is 0 Å². The summed E-state index contributed by atoms with van der Waals surface area (Å²) in [5, 5.41) is 0. The average molecular weight is 378 g/mol. The largest absolute Gasteiger partial charge is 0.317 e. The van der Waals surface area contributed by atoms with Crippen molar-refractivity contribution >= 4 is 11.8 Å². The first-order valence-electron chi connectivity index (χ1n) is 11.2. The van der Waals surface area contributed by atoms with E-state index in [1.165, 1.54) is 95.5 Å². The van der Waals surface area contributed by atoms with Crippen molar-refractivity contribution in [2.75, 3.05) is 0 Å². The van der Waals surface area contributed by atoms with E-state index in [9.17, 15) is 0 Å². The van der Waals surface area contributed by atoms with Crippen molar-refractivity contribution in [3.63, 3.8) is 0 Å². The Bertz CT molecular complexity index is 401. The summed E-state index contributed by atoms with van der Waals surface area (Å²) < 4.78 is 0. The molecule has 1 nitrogen and oxygen atoms in total. The Morgan fingerprint density at radius 1 is 0.692 bits per heavy atom. The number of thioether (sulfide) groups is 1. The maximum atomic E-state index is 6.89. The molecular weight excluding hydrogens is 334 g/mol. The minimum atomic E-state index is -0.0364. The van der Waals surface area contributed by atoms with Crippen LogP contribution in [0, 0.1) is 0 Å². The molecule has 1 rings (SSSR count). The van der Waals surface area contributed by atoms with E-state index < -0.39 is 0 Å². The third kappa shape index (κ3) is 12.0. The van der Waals surface area contributed by atoms with Gasteiger partial charge in [0.05, 0.1) is 4.87 Å². The summed E-state index contributed by atoms with van der Waals surface area (Å²) in [6.45, 7) is 4.57. The Morgan fingerprint density at radius 3 is 1.65 bits per heavy atom. The lowest BCUT2D eigenvalue weighted by Gasteiger charge is -2.29. The summed E-state index contributed by atoms with van der Waals surface area (Å²) >= 11 is 1.99. The van der Waals surface area contributed by atoms with E-state index in [2.05, 4.69) is 44.2 Å². The molecule has 0 bridgehead atoms. The summed E-state index contributed by atoms with van der Waals surface area (Å²) in [4.78, 5) is -0.0364. The summed E-state index contributed by atoms with van der Waals surface area (Å²) in [6.07, 6.45) is 18.6. The molecule has 150 valence electrons. The van der Waals surface area contributed by atoms with Gasteiger partial charge >= 0.3 is 0 Å². The standard InChI is InChI=1S/C24H43NS/c1-3-5-7-9-11-16-20-24(25,21-17-12-10-8-6-4-2)26-22-23-18-14-13-15-19-23/h13-15,18-19H,3-12,16-17,20-22,25H2,1-2H3. The number of benzene rings is 1. The second-order valence-corrected chi connectivity index (χ2v) is 9.26. The zero-order chi connectivity index (χ0) is 18.9. The number of unbranched alkanes of at least 4 members (excludes halogenated alkanes) is 10. The van der Waals surface area contributed by atoms with Gasteiger partial charge in [-0.3, -0.25) is 0 Å². The molecule has 2 heteroatoms. The van der Waals surface area contributed by atoms with E-state index in [1.807, 2.05) is 11.8 Å². The van der Waals surface area contributed by atoms with Crippen LogP contribution in [0.2, 0.25) is 0 Å². The fourth-order valence-electron chi connectivity index (χ4n) is 3.48. The Morgan fingerprint density at radius 2 is 1.15 bits per heavy atom. The fraction of sp³-hybridized carbons (Fsp3) is 0.750. The molecule has 0 saturated carbocycles. The van der Waals surface area contributed by atoms with E-state index in [0.717, 1.165) is 5.75 Å². The van der Waals surface area contributed by atoms with E-state index in [0.29, 0.717) is 0 Å². The summed E-state index contributed by atoms with van der Waals surface area (Å²) in [7, 11) is 0. The number of hydrogen-bond acceptors (Lipinski definition) is 2. The molecule has 0 unspecified atom stereocenters. The van der Waals surface area contributed by atoms with Crippen LogP contribution in [-0.2, 0) is 5.75 Å². The van der Waals surface area contributed by atoms with Crippen molar-refractivity contribution in [2.45, 2.75) is 114 Å². The van der Waals surface area contributed by atoms with Crippen LogP contribution in [0.15, 0.2) is 30.3 Å². The Balaban J connectivity index is 2.36. The molecule has 0 spiro atoms. The van der Waals surface area contributed by atoms with Gasteiger partial charge in [-0.1, -0.05) is 121 Å². The van der Waals surface area contributed by atoms with Crippen molar-refractivity contribution in [3.8, 4) is 0 Å². The zero-order valence-corrected chi connectivity index (χ0v) is 18.3. The highest BCUT2D eigenvalue weighted by Gasteiger charge is 2.24. The average Bonchev–Trinajstić information content (AvgIpc) is 2.67. The van der Waals surface area contributed by atoms with Crippen molar-refractivity contribution < 1.29 is 0 Å². The smallest absolute Gasteiger partial charge is 0.0623 e. The molecule has 0 heterocycles. The van der Waals surface area contributed by atoms with Crippen molar-refractivity contribution in [1.29, 1.82) is 0 Å². The van der Waals surface area contributed by atoms with Gasteiger partial charge in [0.1, 0.15) is 0 Å². The molecule has 0 atom stereocenters. The van der Waals surface area contributed by atoms with Gasteiger partial charge < -0.3 is 5.73 Å². The van der Waals surface area contributed by atoms with Gasteiger partial charge in [-0.05, 0) is 18.4 Å². The molecule has 0 aromatic heterocycles. The molecule has 0 aliphatic rings. The third-order valence-electron chi connectivity index (χ3n) is 5.28. The lowest BCUT2D eigenvalue weighted by Crippen LogP contribution is -2.36. The molecule has 26 heavy (non-hydrogen) atoms. The minimum absolute atomic E-state index is 0.0364. The summed E-state index contributed by atoms with van der Waals surface area (Å²) in [5.74, 6) is 1.04. The highest BCUT2D eigenvalue weighted by molar-refractivity contribution is 7.99. The summed E-state index contributed by atoms with van der Waals surface area (Å²) in [6, 6.07) is 10.8. The first-order chi connectivity index (χ1) is 12.7. The Hall–Kier alpha value is -0.470. The SMILES string of the molecule is CCCCCCCCC(N)(CCCCCCCC)SCc1ccccc1. The lowest BCUT2D eigenvalue weighted by atomic mass is 10.00. The first kappa shape index (κ1) is 23.6. The molecule has 0 aliphatic heterocycles. The lowest BCUT2D eigenvalue weighted by molar-refractivity contribution is 0.452. The Kier molecular flexibility index (Phi) is 14.1. The molecule has 0 amide bonds. The van der Waals surface area contributed by atoms with Gasteiger partial charge in [0.2, 0.25) is 0 Å². The second kappa shape index (κ2) is 15.6. The Labute approximate surface area is 167 Å². The van der Waals surface area contributed by atoms with Crippen LogP contribution >= 0.6 is 11.8 Å². The summed E-state index contributed by atoms with van der Waals surface area (Å²) in [5.41, 5.74) is 8.29. The monoisotopic (exact) mass is 377 g/mol. The molecule has 1 aromatic rings.